The molecule has 2 rings (SSSR count). The molecule has 0 bridgehead atoms. The zero-order chi connectivity index (χ0) is 11.0. The van der Waals surface area contributed by atoms with Crippen LogP contribution in [0.25, 0.3) is 6.08 Å². The standard InChI is InChI=1S/C12H12NO2/c1-8-3-4-10-5-6-11(13(14)15)7-12(10)9(8)2/h4-9H,1-2H3. The van der Waals surface area contributed by atoms with Crippen LogP contribution in [0.2, 0.25) is 0 Å². The number of hydrogen-bond acceptors (Lipinski definition) is 2. The first-order valence-corrected chi connectivity index (χ1v) is 4.97. The van der Waals surface area contributed by atoms with Gasteiger partial charge in [0.1, 0.15) is 0 Å². The van der Waals surface area contributed by atoms with E-state index < -0.39 is 0 Å². The highest BCUT2D eigenvalue weighted by Crippen LogP contribution is 2.34. The molecule has 3 heteroatoms. The van der Waals surface area contributed by atoms with Crippen LogP contribution in [0, 0.1) is 22.1 Å². The van der Waals surface area contributed by atoms with Gasteiger partial charge in [0.05, 0.1) is 4.92 Å². The van der Waals surface area contributed by atoms with Gasteiger partial charge in [-0.1, -0.05) is 19.9 Å². The minimum absolute atomic E-state index is 0.170. The summed E-state index contributed by atoms with van der Waals surface area (Å²) in [7, 11) is 0. The molecule has 1 aromatic carbocycles. The second-order valence-corrected chi connectivity index (χ2v) is 3.96. The molecule has 77 valence electrons. The van der Waals surface area contributed by atoms with Crippen molar-refractivity contribution in [3.8, 4) is 0 Å². The van der Waals surface area contributed by atoms with E-state index in [-0.39, 0.29) is 10.6 Å². The van der Waals surface area contributed by atoms with Crippen LogP contribution in [0.15, 0.2) is 18.2 Å². The minimum Gasteiger partial charge on any atom is -0.258 e. The van der Waals surface area contributed by atoms with Gasteiger partial charge in [0.2, 0.25) is 0 Å². The minimum atomic E-state index is -0.348. The third kappa shape index (κ3) is 1.65. The number of fused-ring (bicyclic) bond motifs is 1. The maximum Gasteiger partial charge on any atom is 0.269 e. The van der Waals surface area contributed by atoms with E-state index in [2.05, 4.69) is 19.9 Å². The van der Waals surface area contributed by atoms with E-state index in [9.17, 15) is 10.1 Å². The largest absolute Gasteiger partial charge is 0.269 e. The van der Waals surface area contributed by atoms with Crippen LogP contribution in [0.4, 0.5) is 5.69 Å². The van der Waals surface area contributed by atoms with Crippen LogP contribution in [-0.2, 0) is 0 Å². The quantitative estimate of drug-likeness (QED) is 0.518. The maximum atomic E-state index is 10.7. The van der Waals surface area contributed by atoms with E-state index in [0.29, 0.717) is 11.8 Å². The molecule has 0 fully saturated rings. The van der Waals surface area contributed by atoms with E-state index in [1.807, 2.05) is 6.08 Å². The van der Waals surface area contributed by atoms with Gasteiger partial charge >= 0.3 is 0 Å². The third-order valence-electron chi connectivity index (χ3n) is 3.02. The van der Waals surface area contributed by atoms with Gasteiger partial charge in [-0.05, 0) is 35.1 Å². The highest BCUT2D eigenvalue weighted by Gasteiger charge is 2.21. The molecule has 0 saturated heterocycles. The number of allylic oxidation sites excluding steroid dienone is 1. The molecule has 0 N–H and O–H groups in total. The normalized spacial score (nSPS) is 23.6. The van der Waals surface area contributed by atoms with Crippen LogP contribution in [0.5, 0.6) is 0 Å². The first-order valence-electron chi connectivity index (χ1n) is 4.97. The van der Waals surface area contributed by atoms with Crippen LogP contribution in [0.1, 0.15) is 30.9 Å². The number of benzene rings is 1. The number of nitrogens with zero attached hydrogens (tertiary/aromatic N) is 1. The molecule has 0 aliphatic heterocycles. The van der Waals surface area contributed by atoms with E-state index in [1.54, 1.807) is 18.2 Å². The van der Waals surface area contributed by atoms with E-state index in [1.165, 1.54) is 0 Å². The molecule has 3 nitrogen and oxygen atoms in total. The summed E-state index contributed by atoms with van der Waals surface area (Å²) in [5, 5.41) is 10.7. The van der Waals surface area contributed by atoms with E-state index in [4.69, 9.17) is 0 Å². The summed E-state index contributed by atoms with van der Waals surface area (Å²) >= 11 is 0. The summed E-state index contributed by atoms with van der Waals surface area (Å²) in [6.07, 6.45) is 5.16. The molecular weight excluding hydrogens is 190 g/mol. The zero-order valence-corrected chi connectivity index (χ0v) is 8.73. The van der Waals surface area contributed by atoms with Gasteiger partial charge in [0.15, 0.2) is 0 Å². The summed E-state index contributed by atoms with van der Waals surface area (Å²) < 4.78 is 0. The topological polar surface area (TPSA) is 43.1 Å². The summed E-state index contributed by atoms with van der Waals surface area (Å²) in [5.74, 6) is 0.615. The lowest BCUT2D eigenvalue weighted by Crippen LogP contribution is -2.10. The van der Waals surface area contributed by atoms with Crippen LogP contribution in [-0.4, -0.2) is 4.92 Å². The number of rotatable bonds is 1. The van der Waals surface area contributed by atoms with Crippen molar-refractivity contribution in [3.05, 3.63) is 45.5 Å². The SMILES string of the molecule is CC1[C]=Cc2ccc([N+](=O)[O-])cc2C1C. The molecule has 0 amide bonds. The number of non-ortho nitro benzene ring substituents is 1. The highest BCUT2D eigenvalue weighted by molar-refractivity contribution is 5.59. The van der Waals surface area contributed by atoms with Crippen molar-refractivity contribution in [1.29, 1.82) is 0 Å². The van der Waals surface area contributed by atoms with Gasteiger partial charge in [-0.25, -0.2) is 0 Å². The van der Waals surface area contributed by atoms with E-state index in [0.717, 1.165) is 11.1 Å². The predicted octanol–water partition coefficient (Wildman–Crippen LogP) is 3.16. The molecule has 0 saturated carbocycles. The molecule has 1 aliphatic carbocycles. The van der Waals surface area contributed by atoms with Crippen molar-refractivity contribution in [3.63, 3.8) is 0 Å². The first kappa shape index (κ1) is 9.90. The number of hydrogen-bond donors (Lipinski definition) is 0. The van der Waals surface area contributed by atoms with Gasteiger partial charge in [-0.15, -0.1) is 0 Å². The van der Waals surface area contributed by atoms with Gasteiger partial charge in [0.25, 0.3) is 5.69 Å². The Balaban J connectivity index is 2.52. The fraction of sp³-hybridized carbons (Fsp3) is 0.333. The van der Waals surface area contributed by atoms with Crippen molar-refractivity contribution < 1.29 is 4.92 Å². The molecule has 0 spiro atoms. The third-order valence-corrected chi connectivity index (χ3v) is 3.02. The molecule has 0 heterocycles. The molecule has 2 atom stereocenters. The first-order chi connectivity index (χ1) is 7.09. The Morgan fingerprint density at radius 2 is 2.13 bits per heavy atom. The van der Waals surface area contributed by atoms with Gasteiger partial charge in [0, 0.05) is 12.1 Å². The van der Waals surface area contributed by atoms with Crippen molar-refractivity contribution in [2.24, 2.45) is 5.92 Å². The van der Waals surface area contributed by atoms with Crippen LogP contribution < -0.4 is 0 Å². The molecule has 15 heavy (non-hydrogen) atoms. The molecular formula is C12H12NO2. The van der Waals surface area contributed by atoms with Gasteiger partial charge < -0.3 is 0 Å². The Morgan fingerprint density at radius 3 is 2.80 bits per heavy atom. The molecule has 2 unspecified atom stereocenters. The monoisotopic (exact) mass is 202 g/mol. The average Bonchev–Trinajstić information content (AvgIpc) is 2.23. The lowest BCUT2D eigenvalue weighted by atomic mass is 9.81. The van der Waals surface area contributed by atoms with Crippen LogP contribution >= 0.6 is 0 Å². The van der Waals surface area contributed by atoms with Gasteiger partial charge in [-0.3, -0.25) is 10.1 Å². The van der Waals surface area contributed by atoms with E-state index >= 15 is 0 Å². The second kappa shape index (κ2) is 3.50. The number of nitro groups is 1. The Labute approximate surface area is 88.6 Å². The molecule has 1 radical (unpaired) electrons. The van der Waals surface area contributed by atoms with Crippen molar-refractivity contribution >= 4 is 11.8 Å². The average molecular weight is 202 g/mol. The Morgan fingerprint density at radius 1 is 1.40 bits per heavy atom. The fourth-order valence-corrected chi connectivity index (χ4v) is 1.84. The summed E-state index contributed by atoms with van der Waals surface area (Å²) in [4.78, 5) is 10.3. The fourth-order valence-electron chi connectivity index (χ4n) is 1.84. The lowest BCUT2D eigenvalue weighted by molar-refractivity contribution is -0.384. The summed E-state index contributed by atoms with van der Waals surface area (Å²) in [5.41, 5.74) is 2.27. The smallest absolute Gasteiger partial charge is 0.258 e. The van der Waals surface area contributed by atoms with Crippen LogP contribution in [0.3, 0.4) is 0 Å². The Hall–Kier alpha value is -1.64. The lowest BCUT2D eigenvalue weighted by Gasteiger charge is -2.22. The predicted molar refractivity (Wildman–Crippen MR) is 58.4 cm³/mol. The van der Waals surface area contributed by atoms with Crippen molar-refractivity contribution in [2.75, 3.05) is 0 Å². The summed E-state index contributed by atoms with van der Waals surface area (Å²) in [6.45, 7) is 4.15. The molecule has 1 aliphatic rings. The Kier molecular flexibility index (Phi) is 2.31. The van der Waals surface area contributed by atoms with Gasteiger partial charge in [-0.2, -0.15) is 0 Å². The maximum absolute atomic E-state index is 10.7. The zero-order valence-electron chi connectivity index (χ0n) is 8.73. The number of nitro benzene ring substituents is 1. The molecule has 1 aromatic rings. The van der Waals surface area contributed by atoms with Crippen molar-refractivity contribution in [2.45, 2.75) is 19.8 Å². The second-order valence-electron chi connectivity index (χ2n) is 3.96. The molecule has 0 aromatic heterocycles. The Bertz CT molecular complexity index is 437. The highest BCUT2D eigenvalue weighted by atomic mass is 16.6. The van der Waals surface area contributed by atoms with Crippen molar-refractivity contribution in [1.82, 2.24) is 0 Å². The summed E-state index contributed by atoms with van der Waals surface area (Å²) in [6, 6.07) is 5.01.